The number of amides is 1. The van der Waals surface area contributed by atoms with Crippen molar-refractivity contribution in [1.82, 2.24) is 10.6 Å². The van der Waals surface area contributed by atoms with E-state index in [2.05, 4.69) is 48.7 Å². The average Bonchev–Trinajstić information content (AvgIpc) is 2.24. The predicted molar refractivity (Wildman–Crippen MR) is 66.3 cm³/mol. The van der Waals surface area contributed by atoms with Gasteiger partial charge in [0.2, 0.25) is 5.91 Å². The summed E-state index contributed by atoms with van der Waals surface area (Å²) >= 11 is 0. The molecule has 16 heavy (non-hydrogen) atoms. The largest absolute Gasteiger partial charge is 0.355 e. The van der Waals surface area contributed by atoms with Gasteiger partial charge in [-0.15, -0.1) is 0 Å². The van der Waals surface area contributed by atoms with E-state index in [0.29, 0.717) is 12.6 Å². The molecular formula is C13H20N2O. The van der Waals surface area contributed by atoms with Crippen LogP contribution in [0, 0.1) is 6.92 Å². The number of carbonyl (C=O) groups is 1. The lowest BCUT2D eigenvalue weighted by Crippen LogP contribution is -2.31. The van der Waals surface area contributed by atoms with Crippen LogP contribution < -0.4 is 10.6 Å². The van der Waals surface area contributed by atoms with Gasteiger partial charge < -0.3 is 10.6 Å². The van der Waals surface area contributed by atoms with E-state index in [9.17, 15) is 4.79 Å². The van der Waals surface area contributed by atoms with Crippen LogP contribution in [-0.4, -0.2) is 19.0 Å². The molecule has 1 aromatic rings. The summed E-state index contributed by atoms with van der Waals surface area (Å²) in [5.74, 6) is 0.0185. The van der Waals surface area contributed by atoms with Crippen LogP contribution in [0.1, 0.15) is 31.0 Å². The van der Waals surface area contributed by atoms with E-state index >= 15 is 0 Å². The lowest BCUT2D eigenvalue weighted by Gasteiger charge is -2.14. The Balaban J connectivity index is 2.35. The molecule has 0 radical (unpaired) electrons. The highest BCUT2D eigenvalue weighted by atomic mass is 16.1. The van der Waals surface area contributed by atoms with Gasteiger partial charge in [-0.05, 0) is 19.4 Å². The Labute approximate surface area is 97.2 Å². The Morgan fingerprint density at radius 2 is 2.12 bits per heavy atom. The minimum absolute atomic E-state index is 0.0185. The van der Waals surface area contributed by atoms with Crippen LogP contribution in [0.5, 0.6) is 0 Å². The SMILES string of the molecule is CC(=O)NCCNC(C)c1cccc(C)c1. The maximum Gasteiger partial charge on any atom is 0.216 e. The highest BCUT2D eigenvalue weighted by Crippen LogP contribution is 2.12. The molecule has 0 aliphatic heterocycles. The van der Waals surface area contributed by atoms with E-state index in [-0.39, 0.29) is 5.91 Å². The Bertz CT molecular complexity index is 350. The molecule has 1 unspecified atom stereocenters. The summed E-state index contributed by atoms with van der Waals surface area (Å²) in [4.78, 5) is 10.7. The average molecular weight is 220 g/mol. The third kappa shape index (κ3) is 4.45. The predicted octanol–water partition coefficient (Wildman–Crippen LogP) is 1.78. The lowest BCUT2D eigenvalue weighted by atomic mass is 10.1. The topological polar surface area (TPSA) is 41.1 Å². The van der Waals surface area contributed by atoms with E-state index in [4.69, 9.17) is 0 Å². The monoisotopic (exact) mass is 220 g/mol. The molecule has 0 aliphatic rings. The fourth-order valence-electron chi connectivity index (χ4n) is 1.58. The molecule has 1 atom stereocenters. The molecule has 0 fully saturated rings. The van der Waals surface area contributed by atoms with Crippen molar-refractivity contribution in [1.29, 1.82) is 0 Å². The van der Waals surface area contributed by atoms with Crippen LogP contribution in [0.3, 0.4) is 0 Å². The van der Waals surface area contributed by atoms with Crippen molar-refractivity contribution in [2.24, 2.45) is 0 Å². The summed E-state index contributed by atoms with van der Waals surface area (Å²) in [7, 11) is 0. The first-order chi connectivity index (χ1) is 7.59. The molecule has 0 saturated carbocycles. The summed E-state index contributed by atoms with van der Waals surface area (Å²) in [6.07, 6.45) is 0. The third-order valence-electron chi connectivity index (χ3n) is 2.49. The van der Waals surface area contributed by atoms with Crippen molar-refractivity contribution >= 4 is 5.91 Å². The fourth-order valence-corrected chi connectivity index (χ4v) is 1.58. The van der Waals surface area contributed by atoms with Crippen LogP contribution in [0.25, 0.3) is 0 Å². The van der Waals surface area contributed by atoms with Crippen LogP contribution in [0.15, 0.2) is 24.3 Å². The first-order valence-corrected chi connectivity index (χ1v) is 5.64. The van der Waals surface area contributed by atoms with E-state index in [1.807, 2.05) is 0 Å². The molecule has 3 nitrogen and oxygen atoms in total. The van der Waals surface area contributed by atoms with Gasteiger partial charge in [-0.2, -0.15) is 0 Å². The summed E-state index contributed by atoms with van der Waals surface area (Å²) in [6.45, 7) is 7.21. The van der Waals surface area contributed by atoms with Gasteiger partial charge in [0.1, 0.15) is 0 Å². The molecule has 2 N–H and O–H groups in total. The second kappa shape index (κ2) is 6.28. The highest BCUT2D eigenvalue weighted by molar-refractivity contribution is 5.72. The Kier molecular flexibility index (Phi) is 4.99. The first-order valence-electron chi connectivity index (χ1n) is 5.64. The Hall–Kier alpha value is -1.35. The summed E-state index contributed by atoms with van der Waals surface area (Å²) in [5, 5.41) is 6.13. The van der Waals surface area contributed by atoms with Gasteiger partial charge in [-0.1, -0.05) is 29.8 Å². The number of carbonyl (C=O) groups excluding carboxylic acids is 1. The lowest BCUT2D eigenvalue weighted by molar-refractivity contribution is -0.118. The second-order valence-corrected chi connectivity index (χ2v) is 4.07. The zero-order valence-corrected chi connectivity index (χ0v) is 10.2. The van der Waals surface area contributed by atoms with Crippen molar-refractivity contribution in [2.75, 3.05) is 13.1 Å². The van der Waals surface area contributed by atoms with Crippen molar-refractivity contribution in [3.63, 3.8) is 0 Å². The number of benzene rings is 1. The summed E-state index contributed by atoms with van der Waals surface area (Å²) in [5.41, 5.74) is 2.55. The summed E-state index contributed by atoms with van der Waals surface area (Å²) in [6, 6.07) is 8.76. The molecular weight excluding hydrogens is 200 g/mol. The molecule has 88 valence electrons. The Morgan fingerprint density at radius 1 is 1.38 bits per heavy atom. The van der Waals surface area contributed by atoms with E-state index in [1.54, 1.807) is 0 Å². The molecule has 0 aromatic heterocycles. The number of rotatable bonds is 5. The molecule has 0 aliphatic carbocycles. The van der Waals surface area contributed by atoms with Gasteiger partial charge in [-0.3, -0.25) is 4.79 Å². The zero-order valence-electron chi connectivity index (χ0n) is 10.2. The van der Waals surface area contributed by atoms with Gasteiger partial charge in [0.25, 0.3) is 0 Å². The first kappa shape index (κ1) is 12.7. The van der Waals surface area contributed by atoms with Crippen LogP contribution in [-0.2, 0) is 4.79 Å². The molecule has 0 heterocycles. The molecule has 0 saturated heterocycles. The molecule has 1 aromatic carbocycles. The van der Waals surface area contributed by atoms with Gasteiger partial charge in [0.15, 0.2) is 0 Å². The smallest absolute Gasteiger partial charge is 0.216 e. The highest BCUT2D eigenvalue weighted by Gasteiger charge is 2.03. The van der Waals surface area contributed by atoms with Crippen molar-refractivity contribution in [2.45, 2.75) is 26.8 Å². The molecule has 1 rings (SSSR count). The third-order valence-corrected chi connectivity index (χ3v) is 2.49. The number of hydrogen-bond donors (Lipinski definition) is 2. The zero-order chi connectivity index (χ0) is 12.0. The summed E-state index contributed by atoms with van der Waals surface area (Å²) < 4.78 is 0. The quantitative estimate of drug-likeness (QED) is 0.743. The van der Waals surface area contributed by atoms with Crippen molar-refractivity contribution < 1.29 is 4.79 Å². The van der Waals surface area contributed by atoms with E-state index in [0.717, 1.165) is 6.54 Å². The minimum atomic E-state index is 0.0185. The van der Waals surface area contributed by atoms with Gasteiger partial charge >= 0.3 is 0 Å². The van der Waals surface area contributed by atoms with E-state index in [1.165, 1.54) is 18.1 Å². The molecule has 3 heteroatoms. The van der Waals surface area contributed by atoms with Gasteiger partial charge in [-0.25, -0.2) is 0 Å². The van der Waals surface area contributed by atoms with Crippen molar-refractivity contribution in [3.05, 3.63) is 35.4 Å². The molecule has 1 amide bonds. The molecule has 0 bridgehead atoms. The number of nitrogens with one attached hydrogen (secondary N) is 2. The Morgan fingerprint density at radius 3 is 2.75 bits per heavy atom. The standard InChI is InChI=1S/C13H20N2O/c1-10-5-4-6-13(9-10)11(2)14-7-8-15-12(3)16/h4-6,9,11,14H,7-8H2,1-3H3,(H,15,16). The maximum atomic E-state index is 10.7. The van der Waals surface area contributed by atoms with E-state index < -0.39 is 0 Å². The van der Waals surface area contributed by atoms with Gasteiger partial charge in [0, 0.05) is 26.1 Å². The minimum Gasteiger partial charge on any atom is -0.355 e. The van der Waals surface area contributed by atoms with Crippen LogP contribution in [0.4, 0.5) is 0 Å². The van der Waals surface area contributed by atoms with Crippen LogP contribution in [0.2, 0.25) is 0 Å². The number of aryl methyl sites for hydroxylation is 1. The normalized spacial score (nSPS) is 12.2. The maximum absolute atomic E-state index is 10.7. The van der Waals surface area contributed by atoms with Crippen LogP contribution >= 0.6 is 0 Å². The van der Waals surface area contributed by atoms with Crippen molar-refractivity contribution in [3.8, 4) is 0 Å². The second-order valence-electron chi connectivity index (χ2n) is 4.07. The van der Waals surface area contributed by atoms with Gasteiger partial charge in [0.05, 0.1) is 0 Å². The number of hydrogen-bond acceptors (Lipinski definition) is 2. The fraction of sp³-hybridized carbons (Fsp3) is 0.462. The molecule has 0 spiro atoms.